The average molecular weight is 188 g/mol. The fourth-order valence-electron chi connectivity index (χ4n) is 0.981. The number of rotatable bonds is 5. The topological polar surface area (TPSA) is 102 Å². The average Bonchev–Trinajstić information content (AvgIpc) is 2.06. The third-order valence-corrected chi connectivity index (χ3v) is 1.88. The first-order chi connectivity index (χ1) is 6.08. The van der Waals surface area contributed by atoms with Crippen molar-refractivity contribution < 1.29 is 0 Å². The number of hydrogen-bond donors (Lipinski definition) is 4. The minimum atomic E-state index is -0.333. The van der Waals surface area contributed by atoms with E-state index in [0.29, 0.717) is 0 Å². The summed E-state index contributed by atoms with van der Waals surface area (Å²) < 4.78 is 0. The first-order valence-electron chi connectivity index (χ1n) is 4.87. The van der Waals surface area contributed by atoms with E-state index < -0.39 is 0 Å². The van der Waals surface area contributed by atoms with Crippen LogP contribution in [0.2, 0.25) is 0 Å². The molecular weight excluding hydrogens is 164 g/mol. The van der Waals surface area contributed by atoms with E-state index in [9.17, 15) is 0 Å². The van der Waals surface area contributed by atoms with Crippen molar-refractivity contribution in [1.29, 1.82) is 5.41 Å². The Balaban J connectivity index is 0. The maximum Gasteiger partial charge on any atom is 0.183 e. The molecule has 0 spiro atoms. The van der Waals surface area contributed by atoms with Gasteiger partial charge in [-0.3, -0.25) is 5.41 Å². The molecule has 0 radical (unpaired) electrons. The Labute approximate surface area is 81.4 Å². The smallest absolute Gasteiger partial charge is 0.183 e. The predicted octanol–water partition coefficient (Wildman–Crippen LogP) is 1.00. The largest absolute Gasteiger partial charge is 0.370 e. The molecule has 13 heavy (non-hydrogen) atoms. The lowest BCUT2D eigenvalue weighted by Crippen LogP contribution is -2.20. The molecule has 4 heteroatoms. The van der Waals surface area contributed by atoms with E-state index in [4.69, 9.17) is 11.1 Å². The Kier molecular flexibility index (Phi) is 12.7. The Hall–Kier alpha value is -0.770. The van der Waals surface area contributed by atoms with Gasteiger partial charge in [0.2, 0.25) is 0 Å². The van der Waals surface area contributed by atoms with Crippen LogP contribution in [0.3, 0.4) is 0 Å². The lowest BCUT2D eigenvalue weighted by atomic mass is 10.00. The monoisotopic (exact) mass is 188 g/mol. The van der Waals surface area contributed by atoms with Crippen molar-refractivity contribution in [1.82, 2.24) is 0 Å². The molecule has 0 saturated heterocycles. The van der Waals surface area contributed by atoms with Gasteiger partial charge < -0.3 is 17.2 Å². The highest BCUT2D eigenvalue weighted by molar-refractivity contribution is 5.71. The van der Waals surface area contributed by atoms with Gasteiger partial charge in [-0.2, -0.15) is 0 Å². The Bertz CT molecular complexity index is 106. The van der Waals surface area contributed by atoms with Gasteiger partial charge in [0.25, 0.3) is 0 Å². The second-order valence-electron chi connectivity index (χ2n) is 3.11. The van der Waals surface area contributed by atoms with Crippen molar-refractivity contribution >= 4 is 5.96 Å². The molecule has 0 aliphatic rings. The number of hydrogen-bond acceptors (Lipinski definition) is 2. The Morgan fingerprint density at radius 2 is 1.77 bits per heavy atom. The molecule has 0 aromatic heterocycles. The van der Waals surface area contributed by atoms with Gasteiger partial charge >= 0.3 is 0 Å². The van der Waals surface area contributed by atoms with Crippen molar-refractivity contribution in [3.63, 3.8) is 0 Å². The normalized spacial score (nSPS) is 11.3. The zero-order chi connectivity index (χ0) is 10.7. The summed E-state index contributed by atoms with van der Waals surface area (Å²) in [6.07, 6.45) is 5.21. The fourth-order valence-corrected chi connectivity index (χ4v) is 0.981. The quantitative estimate of drug-likeness (QED) is 0.382. The molecule has 1 unspecified atom stereocenters. The summed E-state index contributed by atoms with van der Waals surface area (Å²) in [5.74, 6) is 0.449. The van der Waals surface area contributed by atoms with E-state index >= 15 is 0 Å². The summed E-state index contributed by atoms with van der Waals surface area (Å²) in [7, 11) is 0. The minimum Gasteiger partial charge on any atom is -0.370 e. The first-order valence-corrected chi connectivity index (χ1v) is 4.87. The van der Waals surface area contributed by atoms with Crippen LogP contribution in [0.4, 0.5) is 0 Å². The highest BCUT2D eigenvalue weighted by atomic mass is 14.9. The van der Waals surface area contributed by atoms with Gasteiger partial charge in [-0.15, -0.1) is 0 Å². The maximum atomic E-state index is 6.06. The molecular formula is C9H24N4. The van der Waals surface area contributed by atoms with Crippen molar-refractivity contribution in [2.75, 3.05) is 6.54 Å². The molecule has 0 amide bonds. The number of guanidine groups is 1. The van der Waals surface area contributed by atoms with Gasteiger partial charge in [-0.05, 0) is 18.9 Å². The standard InChI is InChI=1S/C8H19N.CH5N3/c1-3-5-6-8(4-2)7-9;2-1(3)4/h8H,3-7,9H2,1-2H3;(H5,2,3,4). The van der Waals surface area contributed by atoms with E-state index in [0.717, 1.165) is 12.5 Å². The molecule has 4 nitrogen and oxygen atoms in total. The molecule has 0 aromatic carbocycles. The molecule has 1 atom stereocenters. The molecule has 0 aliphatic carbocycles. The molecule has 7 N–H and O–H groups in total. The van der Waals surface area contributed by atoms with Gasteiger partial charge in [0.15, 0.2) is 5.96 Å². The zero-order valence-electron chi connectivity index (χ0n) is 8.84. The number of unbranched alkanes of at least 4 members (excludes halogenated alkanes) is 1. The molecule has 0 bridgehead atoms. The maximum absolute atomic E-state index is 6.06. The Morgan fingerprint density at radius 1 is 1.31 bits per heavy atom. The fraction of sp³-hybridized carbons (Fsp3) is 0.889. The summed E-state index contributed by atoms with van der Waals surface area (Å²) >= 11 is 0. The molecule has 80 valence electrons. The summed E-state index contributed by atoms with van der Waals surface area (Å²) in [4.78, 5) is 0. The summed E-state index contributed by atoms with van der Waals surface area (Å²) in [6.45, 7) is 5.31. The highest BCUT2D eigenvalue weighted by Crippen LogP contribution is 2.09. The lowest BCUT2D eigenvalue weighted by Gasteiger charge is -2.09. The zero-order valence-corrected chi connectivity index (χ0v) is 8.84. The van der Waals surface area contributed by atoms with E-state index in [2.05, 4.69) is 25.3 Å². The van der Waals surface area contributed by atoms with Gasteiger partial charge in [0.05, 0.1) is 0 Å². The van der Waals surface area contributed by atoms with Crippen LogP contribution in [0.25, 0.3) is 0 Å². The van der Waals surface area contributed by atoms with E-state index in [-0.39, 0.29) is 5.96 Å². The van der Waals surface area contributed by atoms with E-state index in [1.54, 1.807) is 0 Å². The van der Waals surface area contributed by atoms with Crippen LogP contribution < -0.4 is 17.2 Å². The highest BCUT2D eigenvalue weighted by Gasteiger charge is 2.00. The summed E-state index contributed by atoms with van der Waals surface area (Å²) in [5, 5.41) is 6.06. The lowest BCUT2D eigenvalue weighted by molar-refractivity contribution is 0.461. The number of nitrogens with two attached hydrogens (primary N) is 3. The minimum absolute atomic E-state index is 0.333. The molecule has 0 aromatic rings. The van der Waals surface area contributed by atoms with Crippen molar-refractivity contribution in [3.8, 4) is 0 Å². The molecule has 0 rings (SSSR count). The number of nitrogens with one attached hydrogen (secondary N) is 1. The molecule has 0 aliphatic heterocycles. The van der Waals surface area contributed by atoms with Crippen molar-refractivity contribution in [2.45, 2.75) is 39.5 Å². The van der Waals surface area contributed by atoms with Gasteiger partial charge in [-0.1, -0.05) is 33.1 Å². The van der Waals surface area contributed by atoms with E-state index in [1.807, 2.05) is 0 Å². The van der Waals surface area contributed by atoms with Crippen LogP contribution >= 0.6 is 0 Å². The molecule has 0 heterocycles. The van der Waals surface area contributed by atoms with Crippen molar-refractivity contribution in [3.05, 3.63) is 0 Å². The van der Waals surface area contributed by atoms with Gasteiger partial charge in [-0.25, -0.2) is 0 Å². The van der Waals surface area contributed by atoms with Crippen LogP contribution in [0.1, 0.15) is 39.5 Å². The third-order valence-electron chi connectivity index (χ3n) is 1.88. The second kappa shape index (κ2) is 11.2. The van der Waals surface area contributed by atoms with Crippen LogP contribution in [0, 0.1) is 11.3 Å². The third kappa shape index (κ3) is 18.3. The SMILES string of the molecule is CCCCC(CC)CN.N=C(N)N. The van der Waals surface area contributed by atoms with Crippen LogP contribution in [0.15, 0.2) is 0 Å². The van der Waals surface area contributed by atoms with E-state index in [1.165, 1.54) is 25.7 Å². The van der Waals surface area contributed by atoms with Gasteiger partial charge in [0, 0.05) is 0 Å². The van der Waals surface area contributed by atoms with Gasteiger partial charge in [0.1, 0.15) is 0 Å². The summed E-state index contributed by atoms with van der Waals surface area (Å²) in [6, 6.07) is 0. The van der Waals surface area contributed by atoms with Crippen LogP contribution in [-0.4, -0.2) is 12.5 Å². The molecule has 0 fully saturated rings. The van der Waals surface area contributed by atoms with Crippen LogP contribution in [0.5, 0.6) is 0 Å². The van der Waals surface area contributed by atoms with Crippen molar-refractivity contribution in [2.24, 2.45) is 23.1 Å². The first kappa shape index (κ1) is 14.7. The second-order valence-corrected chi connectivity index (χ2v) is 3.11. The summed E-state index contributed by atoms with van der Waals surface area (Å²) in [5.41, 5.74) is 14.5. The predicted molar refractivity (Wildman–Crippen MR) is 58.5 cm³/mol. The molecule has 0 saturated carbocycles. The van der Waals surface area contributed by atoms with Crippen LogP contribution in [-0.2, 0) is 0 Å². The Morgan fingerprint density at radius 3 is 2.00 bits per heavy atom.